The van der Waals surface area contributed by atoms with Crippen LogP contribution in [0.25, 0.3) is 0 Å². The minimum absolute atomic E-state index is 0.332. The van der Waals surface area contributed by atoms with Crippen LogP contribution in [0.15, 0.2) is 0 Å². The lowest BCUT2D eigenvalue weighted by molar-refractivity contribution is -0.283. The van der Waals surface area contributed by atoms with Crippen molar-refractivity contribution in [3.8, 4) is 0 Å². The van der Waals surface area contributed by atoms with Gasteiger partial charge in [-0.2, -0.15) is 11.8 Å². The Morgan fingerprint density at radius 2 is 1.71 bits per heavy atom. The Kier molecular flexibility index (Phi) is 3.99. The molecule has 0 spiro atoms. The second-order valence-corrected chi connectivity index (χ2v) is 5.78. The average molecular weight is 266 g/mol. The first-order chi connectivity index (χ1) is 7.93. The third kappa shape index (κ3) is 2.76. The molecular formula is C10H18O6S. The molecular weight excluding hydrogens is 248 g/mol. The average Bonchev–Trinajstić information content (AvgIpc) is 2.27. The fourth-order valence-corrected chi connectivity index (χ4v) is 3.03. The van der Waals surface area contributed by atoms with Crippen molar-refractivity contribution >= 4 is 11.8 Å². The molecule has 7 heteroatoms. The Morgan fingerprint density at radius 1 is 1.06 bits per heavy atom. The van der Waals surface area contributed by atoms with Crippen LogP contribution in [0.4, 0.5) is 0 Å². The number of thioether (sulfide) groups is 1. The largest absolute Gasteiger partial charge is 0.388 e. The molecule has 0 aliphatic carbocycles. The molecule has 100 valence electrons. The van der Waals surface area contributed by atoms with Gasteiger partial charge in [0.05, 0.1) is 11.7 Å². The van der Waals surface area contributed by atoms with Crippen molar-refractivity contribution in [3.63, 3.8) is 0 Å². The highest BCUT2D eigenvalue weighted by molar-refractivity contribution is 8.00. The predicted molar refractivity (Wildman–Crippen MR) is 60.4 cm³/mol. The molecule has 3 unspecified atom stereocenters. The molecule has 0 bridgehead atoms. The second kappa shape index (κ2) is 5.00. The highest BCUT2D eigenvalue weighted by Gasteiger charge is 2.44. The monoisotopic (exact) mass is 266 g/mol. The van der Waals surface area contributed by atoms with Crippen molar-refractivity contribution in [2.45, 2.75) is 49.1 Å². The van der Waals surface area contributed by atoms with Crippen molar-refractivity contribution in [2.24, 2.45) is 0 Å². The minimum atomic E-state index is -1.50. The van der Waals surface area contributed by atoms with Gasteiger partial charge in [-0.15, -0.1) is 0 Å². The molecule has 2 heterocycles. The zero-order valence-electron chi connectivity index (χ0n) is 9.27. The van der Waals surface area contributed by atoms with E-state index in [4.69, 9.17) is 4.74 Å². The quantitative estimate of drug-likeness (QED) is 0.403. The first-order valence-electron chi connectivity index (χ1n) is 5.61. The van der Waals surface area contributed by atoms with Crippen molar-refractivity contribution in [1.82, 2.24) is 0 Å². The third-order valence-corrected chi connectivity index (χ3v) is 4.81. The molecule has 2 rings (SSSR count). The van der Waals surface area contributed by atoms with Crippen molar-refractivity contribution in [2.75, 3.05) is 11.5 Å². The third-order valence-electron chi connectivity index (χ3n) is 3.32. The fraction of sp³-hybridized carbons (Fsp3) is 1.00. The summed E-state index contributed by atoms with van der Waals surface area (Å²) in [7, 11) is 0. The molecule has 0 aromatic rings. The van der Waals surface area contributed by atoms with Gasteiger partial charge in [0.2, 0.25) is 0 Å². The van der Waals surface area contributed by atoms with Gasteiger partial charge in [-0.05, 0) is 12.8 Å². The Morgan fingerprint density at radius 3 is 2.24 bits per heavy atom. The number of hydrogen-bond acceptors (Lipinski definition) is 7. The van der Waals surface area contributed by atoms with Crippen LogP contribution < -0.4 is 0 Å². The van der Waals surface area contributed by atoms with E-state index in [1.165, 1.54) is 0 Å². The molecule has 0 aromatic carbocycles. The summed E-state index contributed by atoms with van der Waals surface area (Å²) in [6, 6.07) is 0. The first-order valence-corrected chi connectivity index (χ1v) is 6.76. The Hall–Kier alpha value is 0.110. The van der Waals surface area contributed by atoms with Crippen LogP contribution in [0.5, 0.6) is 0 Å². The lowest BCUT2D eigenvalue weighted by Crippen LogP contribution is -2.58. The van der Waals surface area contributed by atoms with Crippen LogP contribution in [0.1, 0.15) is 12.8 Å². The highest BCUT2D eigenvalue weighted by atomic mass is 32.2. The van der Waals surface area contributed by atoms with E-state index >= 15 is 0 Å². The smallest absolute Gasteiger partial charge is 0.183 e. The van der Waals surface area contributed by atoms with E-state index in [1.807, 2.05) is 0 Å². The Labute approximate surface area is 103 Å². The van der Waals surface area contributed by atoms with Gasteiger partial charge < -0.3 is 30.3 Å². The highest BCUT2D eigenvalue weighted by Crippen LogP contribution is 2.35. The molecule has 5 atom stereocenters. The number of aliphatic hydroxyl groups excluding tert-OH is 4. The topological polar surface area (TPSA) is 110 Å². The molecule has 2 saturated heterocycles. The van der Waals surface area contributed by atoms with Crippen LogP contribution in [0.2, 0.25) is 0 Å². The predicted octanol–water partition coefficient (Wildman–Crippen LogP) is -1.96. The van der Waals surface area contributed by atoms with Gasteiger partial charge in [0.25, 0.3) is 0 Å². The number of ether oxygens (including phenoxy) is 1. The molecule has 6 nitrogen and oxygen atoms in total. The van der Waals surface area contributed by atoms with E-state index in [2.05, 4.69) is 0 Å². The first kappa shape index (κ1) is 13.5. The maximum absolute atomic E-state index is 9.88. The summed E-state index contributed by atoms with van der Waals surface area (Å²) in [5.41, 5.74) is -0.723. The summed E-state index contributed by atoms with van der Waals surface area (Å²) in [6.45, 7) is 0. The molecule has 0 aromatic heterocycles. The van der Waals surface area contributed by atoms with Crippen LogP contribution in [-0.2, 0) is 4.74 Å². The molecule has 0 radical (unpaired) electrons. The van der Waals surface area contributed by atoms with Crippen LogP contribution in [-0.4, -0.2) is 73.3 Å². The van der Waals surface area contributed by atoms with E-state index in [9.17, 15) is 25.5 Å². The molecule has 2 fully saturated rings. The maximum Gasteiger partial charge on any atom is 0.183 e. The Balaban J connectivity index is 1.87. The van der Waals surface area contributed by atoms with Gasteiger partial charge in [0, 0.05) is 11.5 Å². The van der Waals surface area contributed by atoms with Gasteiger partial charge in [0.1, 0.15) is 18.3 Å². The summed E-state index contributed by atoms with van der Waals surface area (Å²) in [5.74, 6) is 1.31. The Bertz CT molecular complexity index is 272. The minimum Gasteiger partial charge on any atom is -0.388 e. The van der Waals surface area contributed by atoms with Crippen molar-refractivity contribution in [1.29, 1.82) is 0 Å². The lowest BCUT2D eigenvalue weighted by atomic mass is 9.92. The van der Waals surface area contributed by atoms with Crippen molar-refractivity contribution in [3.05, 3.63) is 0 Å². The van der Waals surface area contributed by atoms with E-state index in [0.29, 0.717) is 24.3 Å². The fourth-order valence-electron chi connectivity index (χ4n) is 2.06. The van der Waals surface area contributed by atoms with Gasteiger partial charge >= 0.3 is 0 Å². The summed E-state index contributed by atoms with van der Waals surface area (Å²) in [5, 5.41) is 47.6. The van der Waals surface area contributed by atoms with E-state index in [0.717, 1.165) is 0 Å². The molecule has 17 heavy (non-hydrogen) atoms. The van der Waals surface area contributed by atoms with Crippen LogP contribution in [0, 0.1) is 0 Å². The zero-order valence-corrected chi connectivity index (χ0v) is 10.1. The van der Waals surface area contributed by atoms with Crippen LogP contribution >= 0.6 is 11.8 Å². The summed E-state index contributed by atoms with van der Waals surface area (Å²) in [6.07, 6.45) is -5.65. The zero-order chi connectivity index (χ0) is 12.6. The van der Waals surface area contributed by atoms with Gasteiger partial charge in [-0.1, -0.05) is 0 Å². The van der Waals surface area contributed by atoms with E-state index in [1.54, 1.807) is 11.8 Å². The van der Waals surface area contributed by atoms with Gasteiger partial charge in [0.15, 0.2) is 6.29 Å². The number of rotatable bonds is 3. The summed E-state index contributed by atoms with van der Waals surface area (Å²) >= 11 is 1.64. The molecule has 0 saturated carbocycles. The normalized spacial score (nSPS) is 45.4. The maximum atomic E-state index is 9.88. The summed E-state index contributed by atoms with van der Waals surface area (Å²) < 4.78 is 5.02. The standard InChI is InChI=1S/C10H18O6S/c11-6-5(1-2-10(15)3-17-4-10)16-9(14)8(13)7(6)12/h5-9,11-15H,1-4H2/t5?,6-,7?,8?,9+/m1/s1. The molecule has 2 aliphatic rings. The van der Waals surface area contributed by atoms with Gasteiger partial charge in [-0.3, -0.25) is 0 Å². The van der Waals surface area contributed by atoms with Gasteiger partial charge in [-0.25, -0.2) is 0 Å². The summed E-state index contributed by atoms with van der Waals surface area (Å²) in [4.78, 5) is 0. The van der Waals surface area contributed by atoms with E-state index < -0.39 is 36.3 Å². The second-order valence-electron chi connectivity index (χ2n) is 4.79. The SMILES string of the molecule is OC1C(O)[C@@H](O)OC(CCC2(O)CSC2)[C@H]1O. The molecule has 2 aliphatic heterocycles. The van der Waals surface area contributed by atoms with E-state index in [-0.39, 0.29) is 0 Å². The molecule has 5 N–H and O–H groups in total. The number of hydrogen-bond donors (Lipinski definition) is 5. The number of aliphatic hydroxyl groups is 5. The van der Waals surface area contributed by atoms with Crippen molar-refractivity contribution < 1.29 is 30.3 Å². The lowest BCUT2D eigenvalue weighted by Gasteiger charge is -2.41. The molecule has 0 amide bonds. The van der Waals surface area contributed by atoms with Crippen LogP contribution in [0.3, 0.4) is 0 Å².